The van der Waals surface area contributed by atoms with E-state index >= 15 is 0 Å². The third-order valence-corrected chi connectivity index (χ3v) is 6.16. The zero-order valence-electron chi connectivity index (χ0n) is 13.5. The highest BCUT2D eigenvalue weighted by atomic mass is 14.5. The van der Waals surface area contributed by atoms with E-state index in [9.17, 15) is 0 Å². The molecular weight excluding hydrogens is 204 g/mol. The predicted molar refractivity (Wildman–Crippen MR) is 78.1 cm³/mol. The molecule has 0 aromatic heterocycles. The fourth-order valence-corrected chi connectivity index (χ4v) is 3.19. The molecule has 0 nitrogen and oxygen atoms in total. The molecule has 1 aliphatic rings. The quantitative estimate of drug-likeness (QED) is 0.561. The van der Waals surface area contributed by atoms with Gasteiger partial charge in [0.1, 0.15) is 0 Å². The Kier molecular flexibility index (Phi) is 4.07. The fourth-order valence-electron chi connectivity index (χ4n) is 3.19. The summed E-state index contributed by atoms with van der Waals surface area (Å²) in [5, 5.41) is 0. The number of rotatable bonds is 2. The van der Waals surface area contributed by atoms with E-state index in [4.69, 9.17) is 0 Å². The van der Waals surface area contributed by atoms with Crippen LogP contribution in [0.25, 0.3) is 0 Å². The van der Waals surface area contributed by atoms with Gasteiger partial charge in [-0.3, -0.25) is 0 Å². The lowest BCUT2D eigenvalue weighted by Gasteiger charge is -2.49. The van der Waals surface area contributed by atoms with Crippen molar-refractivity contribution in [3.63, 3.8) is 0 Å². The third-order valence-electron chi connectivity index (χ3n) is 6.16. The normalized spacial score (nSPS) is 24.7. The maximum Gasteiger partial charge on any atom is -0.0277 e. The van der Waals surface area contributed by atoms with Crippen molar-refractivity contribution >= 4 is 0 Å². The van der Waals surface area contributed by atoms with Crippen LogP contribution in [0.1, 0.15) is 81.1 Å². The van der Waals surface area contributed by atoms with Crippen molar-refractivity contribution in [2.45, 2.75) is 81.1 Å². The van der Waals surface area contributed by atoms with Crippen LogP contribution in [0.5, 0.6) is 0 Å². The Hall–Kier alpha value is 0. The van der Waals surface area contributed by atoms with Crippen molar-refractivity contribution in [1.82, 2.24) is 0 Å². The lowest BCUT2D eigenvalue weighted by molar-refractivity contribution is 0.00680. The molecule has 0 heteroatoms. The fraction of sp³-hybridized carbons (Fsp3) is 1.00. The first-order valence-corrected chi connectivity index (χ1v) is 7.47. The summed E-state index contributed by atoms with van der Waals surface area (Å²) in [4.78, 5) is 0. The van der Waals surface area contributed by atoms with Crippen molar-refractivity contribution in [1.29, 1.82) is 0 Å². The Bertz CT molecular complexity index is 242. The summed E-state index contributed by atoms with van der Waals surface area (Å²) < 4.78 is 0. The van der Waals surface area contributed by atoms with Gasteiger partial charge in [0.25, 0.3) is 0 Å². The van der Waals surface area contributed by atoms with E-state index in [2.05, 4.69) is 55.4 Å². The minimum atomic E-state index is 0.402. The first kappa shape index (κ1) is 15.1. The molecule has 1 rings (SSSR count). The molecule has 17 heavy (non-hydrogen) atoms. The van der Waals surface area contributed by atoms with Gasteiger partial charge in [-0.05, 0) is 53.8 Å². The highest BCUT2D eigenvalue weighted by molar-refractivity contribution is 4.92. The van der Waals surface area contributed by atoms with Gasteiger partial charge < -0.3 is 0 Å². The van der Waals surface area contributed by atoms with Crippen molar-refractivity contribution in [2.24, 2.45) is 28.1 Å². The second-order valence-corrected chi connectivity index (χ2v) is 8.76. The second kappa shape index (κ2) is 4.59. The zero-order chi connectivity index (χ0) is 13.5. The van der Waals surface area contributed by atoms with Crippen LogP contribution in [0.2, 0.25) is 0 Å². The van der Waals surface area contributed by atoms with Gasteiger partial charge in [0, 0.05) is 0 Å². The molecule has 0 heterocycles. The number of hydrogen-bond acceptors (Lipinski definition) is 0. The van der Waals surface area contributed by atoms with Gasteiger partial charge in [0.15, 0.2) is 0 Å². The Balaban J connectivity index is 2.69. The van der Waals surface area contributed by atoms with E-state index in [1.807, 2.05) is 0 Å². The van der Waals surface area contributed by atoms with Gasteiger partial charge in [-0.2, -0.15) is 0 Å². The molecule has 0 aromatic carbocycles. The van der Waals surface area contributed by atoms with E-state index in [1.165, 1.54) is 25.7 Å². The van der Waals surface area contributed by atoms with Crippen LogP contribution in [0, 0.1) is 28.1 Å². The van der Waals surface area contributed by atoms with Crippen LogP contribution < -0.4 is 0 Å². The maximum absolute atomic E-state index is 2.49. The average molecular weight is 238 g/mol. The van der Waals surface area contributed by atoms with Crippen LogP contribution in [0.3, 0.4) is 0 Å². The van der Waals surface area contributed by atoms with Gasteiger partial charge in [-0.25, -0.2) is 0 Å². The van der Waals surface area contributed by atoms with Gasteiger partial charge in [0.2, 0.25) is 0 Å². The van der Waals surface area contributed by atoms with E-state index in [-0.39, 0.29) is 0 Å². The summed E-state index contributed by atoms with van der Waals surface area (Å²) in [5.41, 5.74) is 1.43. The van der Waals surface area contributed by atoms with Crippen LogP contribution >= 0.6 is 0 Å². The molecule has 0 amide bonds. The monoisotopic (exact) mass is 238 g/mol. The molecule has 0 spiro atoms. The summed E-state index contributed by atoms with van der Waals surface area (Å²) in [6.07, 6.45) is 5.71. The van der Waals surface area contributed by atoms with Gasteiger partial charge in [-0.15, -0.1) is 0 Å². The smallest absolute Gasteiger partial charge is 0.0277 e. The van der Waals surface area contributed by atoms with Crippen LogP contribution in [0.4, 0.5) is 0 Å². The molecule has 0 bridgehead atoms. The molecule has 0 saturated heterocycles. The molecule has 0 N–H and O–H groups in total. The Morgan fingerprint density at radius 1 is 0.941 bits per heavy atom. The minimum Gasteiger partial charge on any atom is -0.0617 e. The summed E-state index contributed by atoms with van der Waals surface area (Å²) in [6, 6.07) is 0. The lowest BCUT2D eigenvalue weighted by Crippen LogP contribution is -2.40. The molecule has 0 radical (unpaired) electrons. The predicted octanol–water partition coefficient (Wildman–Crippen LogP) is 5.91. The summed E-state index contributed by atoms with van der Waals surface area (Å²) >= 11 is 0. The third kappa shape index (κ3) is 3.26. The Morgan fingerprint density at radius 2 is 1.35 bits per heavy atom. The average Bonchev–Trinajstić information content (AvgIpc) is 2.15. The minimum absolute atomic E-state index is 0.402. The molecule has 1 fully saturated rings. The first-order chi connectivity index (χ1) is 7.47. The first-order valence-electron chi connectivity index (χ1n) is 7.47. The van der Waals surface area contributed by atoms with Crippen molar-refractivity contribution in [3.05, 3.63) is 0 Å². The lowest BCUT2D eigenvalue weighted by atomic mass is 9.56. The standard InChI is InChI=1S/C17H34/c1-13(17(7,8)15(2,3)4)14-9-11-16(5,6)12-10-14/h13-14H,9-12H2,1-8H3. The molecule has 102 valence electrons. The topological polar surface area (TPSA) is 0 Å². The molecule has 1 unspecified atom stereocenters. The van der Waals surface area contributed by atoms with Crippen LogP contribution in [0.15, 0.2) is 0 Å². The summed E-state index contributed by atoms with van der Waals surface area (Å²) in [6.45, 7) is 19.5. The molecule has 1 saturated carbocycles. The Morgan fingerprint density at radius 3 is 1.71 bits per heavy atom. The molecule has 1 atom stereocenters. The summed E-state index contributed by atoms with van der Waals surface area (Å²) in [7, 11) is 0. The molecule has 0 aromatic rings. The molecular formula is C17H34. The highest BCUT2D eigenvalue weighted by Crippen LogP contribution is 2.51. The van der Waals surface area contributed by atoms with Crippen molar-refractivity contribution in [3.8, 4) is 0 Å². The van der Waals surface area contributed by atoms with E-state index < -0.39 is 0 Å². The zero-order valence-corrected chi connectivity index (χ0v) is 13.5. The largest absolute Gasteiger partial charge is 0.0617 e. The van der Waals surface area contributed by atoms with Gasteiger partial charge >= 0.3 is 0 Å². The van der Waals surface area contributed by atoms with Crippen molar-refractivity contribution in [2.75, 3.05) is 0 Å². The van der Waals surface area contributed by atoms with E-state index in [0.717, 1.165) is 11.8 Å². The number of hydrogen-bond donors (Lipinski definition) is 0. The molecule has 0 aliphatic heterocycles. The molecule has 1 aliphatic carbocycles. The highest BCUT2D eigenvalue weighted by Gasteiger charge is 2.42. The van der Waals surface area contributed by atoms with E-state index in [1.54, 1.807) is 0 Å². The SMILES string of the molecule is CC(C1CCC(C)(C)CC1)C(C)(C)C(C)(C)C. The van der Waals surface area contributed by atoms with Crippen molar-refractivity contribution < 1.29 is 0 Å². The van der Waals surface area contributed by atoms with Crippen LogP contribution in [-0.4, -0.2) is 0 Å². The van der Waals surface area contributed by atoms with Gasteiger partial charge in [-0.1, -0.05) is 55.4 Å². The van der Waals surface area contributed by atoms with Gasteiger partial charge in [0.05, 0.1) is 0 Å². The maximum atomic E-state index is 2.49. The Labute approximate surface area is 110 Å². The van der Waals surface area contributed by atoms with E-state index in [0.29, 0.717) is 16.2 Å². The van der Waals surface area contributed by atoms with Crippen LogP contribution in [-0.2, 0) is 0 Å². The summed E-state index contributed by atoms with van der Waals surface area (Å²) in [5.74, 6) is 1.77. The second-order valence-electron chi connectivity index (χ2n) is 8.76.